The lowest BCUT2D eigenvalue weighted by molar-refractivity contribution is -0.127. The zero-order chi connectivity index (χ0) is 14.8. The molecule has 2 aromatic rings. The number of nitrogens with zero attached hydrogens (tertiary/aromatic N) is 2. The molecule has 1 aliphatic rings. The van der Waals surface area contributed by atoms with E-state index in [0.717, 1.165) is 5.69 Å². The fourth-order valence-corrected chi connectivity index (χ4v) is 3.50. The Morgan fingerprint density at radius 3 is 2.90 bits per heavy atom. The van der Waals surface area contributed by atoms with Gasteiger partial charge in [0.15, 0.2) is 0 Å². The van der Waals surface area contributed by atoms with E-state index in [1.807, 2.05) is 47.5 Å². The second kappa shape index (κ2) is 5.73. The Hall–Kier alpha value is -2.08. The fourth-order valence-electron chi connectivity index (χ4n) is 2.66. The number of rotatable bonds is 3. The van der Waals surface area contributed by atoms with E-state index in [1.165, 1.54) is 11.3 Å². The molecule has 2 amide bonds. The van der Waals surface area contributed by atoms with Gasteiger partial charge in [-0.25, -0.2) is 0 Å². The molecule has 0 spiro atoms. The largest absolute Gasteiger partial charge is 0.353 e. The van der Waals surface area contributed by atoms with Crippen LogP contribution in [0.1, 0.15) is 23.0 Å². The molecule has 5 nitrogen and oxygen atoms in total. The number of thiophene rings is 1. The maximum Gasteiger partial charge on any atom is 0.266 e. The lowest BCUT2D eigenvalue weighted by Gasteiger charge is -2.34. The number of hydrogen-bond donors (Lipinski definition) is 1. The van der Waals surface area contributed by atoms with Crippen molar-refractivity contribution in [2.45, 2.75) is 19.4 Å². The van der Waals surface area contributed by atoms with E-state index in [2.05, 4.69) is 5.32 Å². The minimum absolute atomic E-state index is 0.0591. The number of amides is 2. The molecule has 110 valence electrons. The van der Waals surface area contributed by atoms with Crippen molar-refractivity contribution >= 4 is 23.2 Å². The molecule has 0 radical (unpaired) electrons. The highest BCUT2D eigenvalue weighted by Crippen LogP contribution is 2.25. The van der Waals surface area contributed by atoms with Crippen LogP contribution in [-0.4, -0.2) is 40.4 Å². The number of carbonyl (C=O) groups is 2. The van der Waals surface area contributed by atoms with E-state index >= 15 is 0 Å². The Morgan fingerprint density at radius 1 is 1.43 bits per heavy atom. The average molecular weight is 303 g/mol. The van der Waals surface area contributed by atoms with Gasteiger partial charge in [0.1, 0.15) is 10.9 Å². The third-order valence-corrected chi connectivity index (χ3v) is 4.59. The summed E-state index contributed by atoms with van der Waals surface area (Å²) in [6.07, 6.45) is 4.46. The molecule has 1 fully saturated rings. The summed E-state index contributed by atoms with van der Waals surface area (Å²) < 4.78 is 1.93. The Kier molecular flexibility index (Phi) is 3.79. The molecule has 1 aliphatic heterocycles. The summed E-state index contributed by atoms with van der Waals surface area (Å²) in [5.74, 6) is -0.119. The summed E-state index contributed by atoms with van der Waals surface area (Å²) >= 11 is 1.42. The van der Waals surface area contributed by atoms with Crippen LogP contribution in [-0.2, 0) is 4.79 Å². The molecule has 0 bridgehead atoms. The number of carbonyl (C=O) groups excluding carboxylic acids is 2. The Bertz CT molecular complexity index is 648. The third kappa shape index (κ3) is 2.47. The van der Waals surface area contributed by atoms with Crippen LogP contribution in [0.25, 0.3) is 5.69 Å². The summed E-state index contributed by atoms with van der Waals surface area (Å²) in [5.41, 5.74) is 0.871. The molecule has 3 heterocycles. The van der Waals surface area contributed by atoms with E-state index in [9.17, 15) is 9.59 Å². The molecule has 0 aliphatic carbocycles. The van der Waals surface area contributed by atoms with Gasteiger partial charge < -0.3 is 14.8 Å². The second-order valence-corrected chi connectivity index (χ2v) is 5.86. The molecule has 0 aromatic carbocycles. The van der Waals surface area contributed by atoms with Gasteiger partial charge in [-0.1, -0.05) is 6.92 Å². The van der Waals surface area contributed by atoms with Gasteiger partial charge in [-0.3, -0.25) is 9.59 Å². The van der Waals surface area contributed by atoms with Crippen LogP contribution in [0.15, 0.2) is 36.0 Å². The Morgan fingerprint density at radius 2 is 2.19 bits per heavy atom. The van der Waals surface area contributed by atoms with Crippen LogP contribution in [0.3, 0.4) is 0 Å². The van der Waals surface area contributed by atoms with Crippen LogP contribution in [0, 0.1) is 0 Å². The van der Waals surface area contributed by atoms with Crippen LogP contribution in [0.2, 0.25) is 0 Å². The minimum Gasteiger partial charge on any atom is -0.353 e. The topological polar surface area (TPSA) is 54.3 Å². The van der Waals surface area contributed by atoms with Gasteiger partial charge in [-0.2, -0.15) is 0 Å². The standard InChI is InChI=1S/C15H17N3O2S/c1-2-11-14(19)16-6-9-18(11)15(20)13-12(5-10-21-13)17-7-3-4-8-17/h3-5,7-8,10-11H,2,6,9H2,1H3,(H,16,19). The normalized spacial score (nSPS) is 18.6. The summed E-state index contributed by atoms with van der Waals surface area (Å²) in [5, 5.41) is 4.73. The van der Waals surface area contributed by atoms with Crippen molar-refractivity contribution in [2.24, 2.45) is 0 Å². The van der Waals surface area contributed by atoms with Gasteiger partial charge in [0, 0.05) is 25.5 Å². The zero-order valence-corrected chi connectivity index (χ0v) is 12.6. The predicted molar refractivity (Wildman–Crippen MR) is 81.8 cm³/mol. The van der Waals surface area contributed by atoms with Gasteiger partial charge in [-0.15, -0.1) is 11.3 Å². The van der Waals surface area contributed by atoms with Crippen molar-refractivity contribution < 1.29 is 9.59 Å². The van der Waals surface area contributed by atoms with Crippen molar-refractivity contribution in [3.05, 3.63) is 40.8 Å². The highest BCUT2D eigenvalue weighted by Gasteiger charge is 2.33. The first-order chi connectivity index (χ1) is 10.2. The number of piperazine rings is 1. The summed E-state index contributed by atoms with van der Waals surface area (Å²) in [6, 6.07) is 5.42. The first kappa shape index (κ1) is 13.9. The number of hydrogen-bond acceptors (Lipinski definition) is 3. The van der Waals surface area contributed by atoms with Crippen molar-refractivity contribution in [2.75, 3.05) is 13.1 Å². The van der Waals surface area contributed by atoms with E-state index < -0.39 is 0 Å². The van der Waals surface area contributed by atoms with E-state index in [1.54, 1.807) is 4.90 Å². The fraction of sp³-hybridized carbons (Fsp3) is 0.333. The molecule has 1 unspecified atom stereocenters. The quantitative estimate of drug-likeness (QED) is 0.941. The lowest BCUT2D eigenvalue weighted by Crippen LogP contribution is -2.56. The molecule has 3 rings (SSSR count). The van der Waals surface area contributed by atoms with Crippen LogP contribution in [0.5, 0.6) is 0 Å². The van der Waals surface area contributed by atoms with E-state index in [0.29, 0.717) is 24.4 Å². The SMILES string of the molecule is CCC1C(=O)NCCN1C(=O)c1sccc1-n1cccc1. The summed E-state index contributed by atoms with van der Waals surface area (Å²) in [4.78, 5) is 27.1. The van der Waals surface area contributed by atoms with Gasteiger partial charge in [0.2, 0.25) is 5.91 Å². The van der Waals surface area contributed by atoms with Crippen LogP contribution in [0.4, 0.5) is 0 Å². The zero-order valence-electron chi connectivity index (χ0n) is 11.8. The van der Waals surface area contributed by atoms with Crippen molar-refractivity contribution in [1.82, 2.24) is 14.8 Å². The molecule has 1 N–H and O–H groups in total. The van der Waals surface area contributed by atoms with Gasteiger partial charge >= 0.3 is 0 Å². The van der Waals surface area contributed by atoms with Crippen LogP contribution < -0.4 is 5.32 Å². The maximum absolute atomic E-state index is 12.8. The molecule has 2 aromatic heterocycles. The molecule has 6 heteroatoms. The van der Waals surface area contributed by atoms with Crippen molar-refractivity contribution in [3.63, 3.8) is 0 Å². The molecular weight excluding hydrogens is 286 g/mol. The predicted octanol–water partition coefficient (Wildman–Crippen LogP) is 1.89. The first-order valence-electron chi connectivity index (χ1n) is 7.02. The minimum atomic E-state index is -0.370. The molecule has 0 saturated carbocycles. The monoisotopic (exact) mass is 303 g/mol. The highest BCUT2D eigenvalue weighted by molar-refractivity contribution is 7.12. The molecule has 21 heavy (non-hydrogen) atoms. The first-order valence-corrected chi connectivity index (χ1v) is 7.90. The second-order valence-electron chi connectivity index (χ2n) is 4.94. The lowest BCUT2D eigenvalue weighted by atomic mass is 10.1. The molecular formula is C15H17N3O2S. The third-order valence-electron chi connectivity index (χ3n) is 3.70. The highest BCUT2D eigenvalue weighted by atomic mass is 32.1. The van der Waals surface area contributed by atoms with Crippen LogP contribution >= 0.6 is 11.3 Å². The Balaban J connectivity index is 1.92. The smallest absolute Gasteiger partial charge is 0.266 e. The number of aromatic nitrogens is 1. The number of nitrogens with one attached hydrogen (secondary N) is 1. The van der Waals surface area contributed by atoms with E-state index in [-0.39, 0.29) is 17.9 Å². The maximum atomic E-state index is 12.8. The Labute approximate surface area is 127 Å². The van der Waals surface area contributed by atoms with Gasteiger partial charge in [-0.05, 0) is 30.0 Å². The molecule has 1 atom stereocenters. The van der Waals surface area contributed by atoms with Gasteiger partial charge in [0.05, 0.1) is 5.69 Å². The van der Waals surface area contributed by atoms with E-state index in [4.69, 9.17) is 0 Å². The van der Waals surface area contributed by atoms with Crippen molar-refractivity contribution in [1.29, 1.82) is 0 Å². The molecule has 1 saturated heterocycles. The van der Waals surface area contributed by atoms with Crippen molar-refractivity contribution in [3.8, 4) is 5.69 Å². The summed E-state index contributed by atoms with van der Waals surface area (Å²) in [7, 11) is 0. The summed E-state index contributed by atoms with van der Waals surface area (Å²) in [6.45, 7) is 3.01. The van der Waals surface area contributed by atoms with Gasteiger partial charge in [0.25, 0.3) is 5.91 Å². The average Bonchev–Trinajstić information content (AvgIpc) is 3.16.